The first-order valence-electron chi connectivity index (χ1n) is 9.44. The maximum Gasteiger partial charge on any atom is 0.227 e. The highest BCUT2D eigenvalue weighted by atomic mass is 16.5. The summed E-state index contributed by atoms with van der Waals surface area (Å²) >= 11 is 0. The normalized spacial score (nSPS) is 11.8. The molecule has 0 radical (unpaired) electrons. The molecule has 146 valence electrons. The van der Waals surface area contributed by atoms with Crippen LogP contribution in [0.5, 0.6) is 5.75 Å². The van der Waals surface area contributed by atoms with Gasteiger partial charge in [-0.05, 0) is 37.5 Å². The zero-order chi connectivity index (χ0) is 19.8. The minimum Gasteiger partial charge on any atom is -0.497 e. The average Bonchev–Trinajstić information content (AvgIpc) is 3.21. The van der Waals surface area contributed by atoms with E-state index in [0.717, 1.165) is 24.2 Å². The van der Waals surface area contributed by atoms with Crippen LogP contribution >= 0.6 is 0 Å². The Morgan fingerprint density at radius 2 is 1.96 bits per heavy atom. The summed E-state index contributed by atoms with van der Waals surface area (Å²) in [7, 11) is 1.61. The van der Waals surface area contributed by atoms with E-state index in [0.29, 0.717) is 24.6 Å². The van der Waals surface area contributed by atoms with Crippen molar-refractivity contribution >= 4 is 5.91 Å². The molecule has 2 aromatic carbocycles. The third kappa shape index (κ3) is 5.67. The molecule has 1 aromatic heterocycles. The van der Waals surface area contributed by atoms with Crippen molar-refractivity contribution in [3.8, 4) is 17.1 Å². The molecule has 0 aliphatic rings. The molecule has 1 N–H and O–H groups in total. The van der Waals surface area contributed by atoms with Gasteiger partial charge in [-0.2, -0.15) is 4.98 Å². The van der Waals surface area contributed by atoms with Crippen molar-refractivity contribution in [1.82, 2.24) is 15.5 Å². The van der Waals surface area contributed by atoms with Crippen LogP contribution in [0.2, 0.25) is 0 Å². The number of rotatable bonds is 9. The SMILES string of the molecule is COc1cccc(-c2noc(CCC(=O)NC(C)CCc3ccccc3)n2)c1. The first-order chi connectivity index (χ1) is 13.6. The minimum atomic E-state index is -0.0123. The maximum absolute atomic E-state index is 12.2. The van der Waals surface area contributed by atoms with E-state index in [9.17, 15) is 4.79 Å². The van der Waals surface area contributed by atoms with Gasteiger partial charge in [0, 0.05) is 24.4 Å². The van der Waals surface area contributed by atoms with Crippen LogP contribution in [0.4, 0.5) is 0 Å². The Labute approximate surface area is 164 Å². The topological polar surface area (TPSA) is 77.2 Å². The van der Waals surface area contributed by atoms with Gasteiger partial charge in [-0.15, -0.1) is 0 Å². The lowest BCUT2D eigenvalue weighted by Crippen LogP contribution is -2.33. The van der Waals surface area contributed by atoms with E-state index >= 15 is 0 Å². The van der Waals surface area contributed by atoms with Crippen molar-refractivity contribution in [3.05, 3.63) is 66.1 Å². The second-order valence-corrected chi connectivity index (χ2v) is 6.74. The number of hydrogen-bond donors (Lipinski definition) is 1. The van der Waals surface area contributed by atoms with Gasteiger partial charge in [0.1, 0.15) is 5.75 Å². The molecule has 1 atom stereocenters. The number of methoxy groups -OCH3 is 1. The molecule has 1 amide bonds. The number of carbonyl (C=O) groups is 1. The smallest absolute Gasteiger partial charge is 0.227 e. The molecule has 28 heavy (non-hydrogen) atoms. The van der Waals surface area contributed by atoms with E-state index < -0.39 is 0 Å². The molecule has 3 aromatic rings. The van der Waals surface area contributed by atoms with Crippen LogP contribution in [-0.2, 0) is 17.6 Å². The highest BCUT2D eigenvalue weighted by Crippen LogP contribution is 2.21. The van der Waals surface area contributed by atoms with Gasteiger partial charge in [0.25, 0.3) is 0 Å². The van der Waals surface area contributed by atoms with Gasteiger partial charge in [0.2, 0.25) is 17.6 Å². The highest BCUT2D eigenvalue weighted by Gasteiger charge is 2.13. The van der Waals surface area contributed by atoms with Gasteiger partial charge < -0.3 is 14.6 Å². The van der Waals surface area contributed by atoms with E-state index in [1.54, 1.807) is 7.11 Å². The fourth-order valence-corrected chi connectivity index (χ4v) is 2.90. The number of aromatic nitrogens is 2. The molecular formula is C22H25N3O3. The molecule has 6 heteroatoms. The first-order valence-corrected chi connectivity index (χ1v) is 9.44. The predicted octanol–water partition coefficient (Wildman–Crippen LogP) is 3.82. The molecule has 3 rings (SSSR count). The molecule has 0 saturated heterocycles. The predicted molar refractivity (Wildman–Crippen MR) is 107 cm³/mol. The average molecular weight is 379 g/mol. The van der Waals surface area contributed by atoms with Gasteiger partial charge in [-0.1, -0.05) is 47.6 Å². The number of amides is 1. The summed E-state index contributed by atoms with van der Waals surface area (Å²) in [6, 6.07) is 17.8. The second kappa shape index (κ2) is 9.69. The molecule has 0 aliphatic heterocycles. The molecule has 0 aliphatic carbocycles. The third-order valence-corrected chi connectivity index (χ3v) is 4.48. The monoisotopic (exact) mass is 379 g/mol. The lowest BCUT2D eigenvalue weighted by molar-refractivity contribution is -0.121. The van der Waals surface area contributed by atoms with Crippen molar-refractivity contribution < 1.29 is 14.1 Å². The van der Waals surface area contributed by atoms with E-state index in [1.165, 1.54) is 5.56 Å². The standard InChI is InChI=1S/C22H25N3O3/c1-16(11-12-17-7-4-3-5-8-17)23-20(26)13-14-21-24-22(25-28-21)18-9-6-10-19(15-18)27-2/h3-10,15-16H,11-14H2,1-2H3,(H,23,26). The first kappa shape index (κ1) is 19.6. The van der Waals surface area contributed by atoms with Crippen LogP contribution in [0.25, 0.3) is 11.4 Å². The van der Waals surface area contributed by atoms with E-state index in [2.05, 4.69) is 27.6 Å². The molecule has 0 saturated carbocycles. The third-order valence-electron chi connectivity index (χ3n) is 4.48. The quantitative estimate of drug-likeness (QED) is 0.612. The minimum absolute atomic E-state index is 0.0123. The van der Waals surface area contributed by atoms with Crippen LogP contribution in [0, 0.1) is 0 Å². The summed E-state index contributed by atoms with van der Waals surface area (Å²) < 4.78 is 10.5. The lowest BCUT2D eigenvalue weighted by atomic mass is 10.1. The number of nitrogens with one attached hydrogen (secondary N) is 1. The molecule has 1 heterocycles. The van der Waals surface area contributed by atoms with E-state index in [4.69, 9.17) is 9.26 Å². The van der Waals surface area contributed by atoms with Crippen LogP contribution < -0.4 is 10.1 Å². The Balaban J connectivity index is 1.45. The van der Waals surface area contributed by atoms with Gasteiger partial charge >= 0.3 is 0 Å². The molecule has 1 unspecified atom stereocenters. The number of carbonyl (C=O) groups excluding carboxylic acids is 1. The van der Waals surface area contributed by atoms with Crippen molar-refractivity contribution in [3.63, 3.8) is 0 Å². The van der Waals surface area contributed by atoms with Gasteiger partial charge in [0.15, 0.2) is 0 Å². The Morgan fingerprint density at radius 1 is 1.14 bits per heavy atom. The highest BCUT2D eigenvalue weighted by molar-refractivity contribution is 5.76. The second-order valence-electron chi connectivity index (χ2n) is 6.74. The van der Waals surface area contributed by atoms with Crippen molar-refractivity contribution in [1.29, 1.82) is 0 Å². The van der Waals surface area contributed by atoms with E-state index in [1.807, 2.05) is 49.4 Å². The number of aryl methyl sites for hydroxylation is 2. The molecular weight excluding hydrogens is 354 g/mol. The van der Waals surface area contributed by atoms with Crippen LogP contribution in [0.3, 0.4) is 0 Å². The number of nitrogens with zero attached hydrogens (tertiary/aromatic N) is 2. The largest absolute Gasteiger partial charge is 0.497 e. The summed E-state index contributed by atoms with van der Waals surface area (Å²) in [4.78, 5) is 16.6. The van der Waals surface area contributed by atoms with Gasteiger partial charge in [0.05, 0.1) is 7.11 Å². The summed E-state index contributed by atoms with van der Waals surface area (Å²) in [6.07, 6.45) is 2.57. The van der Waals surface area contributed by atoms with Gasteiger partial charge in [-0.3, -0.25) is 4.79 Å². The van der Waals surface area contributed by atoms with Crippen LogP contribution in [0.15, 0.2) is 59.1 Å². The Bertz CT molecular complexity index is 893. The lowest BCUT2D eigenvalue weighted by Gasteiger charge is -2.13. The molecule has 0 fully saturated rings. The molecule has 0 bridgehead atoms. The van der Waals surface area contributed by atoms with Crippen molar-refractivity contribution in [2.24, 2.45) is 0 Å². The summed E-state index contributed by atoms with van der Waals surface area (Å²) in [5.41, 5.74) is 2.09. The number of hydrogen-bond acceptors (Lipinski definition) is 5. The summed E-state index contributed by atoms with van der Waals surface area (Å²) in [6.45, 7) is 2.02. The van der Waals surface area contributed by atoms with Crippen LogP contribution in [-0.4, -0.2) is 29.2 Å². The number of ether oxygens (including phenoxy) is 1. The maximum atomic E-state index is 12.2. The Hall–Kier alpha value is -3.15. The zero-order valence-corrected chi connectivity index (χ0v) is 16.2. The summed E-state index contributed by atoms with van der Waals surface area (Å²) in [5.74, 6) is 1.66. The van der Waals surface area contributed by atoms with Gasteiger partial charge in [-0.25, -0.2) is 0 Å². The fourth-order valence-electron chi connectivity index (χ4n) is 2.90. The fraction of sp³-hybridized carbons (Fsp3) is 0.318. The van der Waals surface area contributed by atoms with E-state index in [-0.39, 0.29) is 11.9 Å². The molecule has 6 nitrogen and oxygen atoms in total. The number of benzene rings is 2. The summed E-state index contributed by atoms with van der Waals surface area (Å²) in [5, 5.41) is 7.02. The Morgan fingerprint density at radius 3 is 2.75 bits per heavy atom. The van der Waals surface area contributed by atoms with Crippen LogP contribution in [0.1, 0.15) is 31.2 Å². The Kier molecular flexibility index (Phi) is 6.78. The van der Waals surface area contributed by atoms with Crippen molar-refractivity contribution in [2.75, 3.05) is 7.11 Å². The zero-order valence-electron chi connectivity index (χ0n) is 16.2. The molecule has 0 spiro atoms. The van der Waals surface area contributed by atoms with Crippen molar-refractivity contribution in [2.45, 2.75) is 38.6 Å².